The van der Waals surface area contributed by atoms with E-state index in [1.165, 1.54) is 11.6 Å². The number of anilines is 2. The molecule has 0 fully saturated rings. The van der Waals surface area contributed by atoms with Crippen LogP contribution in [0.1, 0.15) is 45.6 Å². The van der Waals surface area contributed by atoms with Crippen LogP contribution in [-0.4, -0.2) is 32.6 Å². The van der Waals surface area contributed by atoms with Gasteiger partial charge in [0.25, 0.3) is 17.2 Å². The number of unbranched alkanes of at least 4 members (excludes halogenated alkanes) is 1. The van der Waals surface area contributed by atoms with Crippen molar-refractivity contribution in [3.8, 4) is 11.3 Å². The summed E-state index contributed by atoms with van der Waals surface area (Å²) < 4.78 is 6.67. The predicted octanol–water partition coefficient (Wildman–Crippen LogP) is 3.39. The van der Waals surface area contributed by atoms with E-state index in [0.717, 1.165) is 26.6 Å². The van der Waals surface area contributed by atoms with Gasteiger partial charge in [-0.1, -0.05) is 18.5 Å². The van der Waals surface area contributed by atoms with Gasteiger partial charge in [-0.3, -0.25) is 19.1 Å². The Labute approximate surface area is 199 Å². The van der Waals surface area contributed by atoms with Gasteiger partial charge in [-0.15, -0.1) is 11.3 Å². The Bertz CT molecular complexity index is 1530. The average molecular weight is 483 g/mol. The van der Waals surface area contributed by atoms with Crippen molar-refractivity contribution in [2.75, 3.05) is 17.7 Å². The molecule has 0 aliphatic carbocycles. The van der Waals surface area contributed by atoms with E-state index in [-0.39, 0.29) is 22.8 Å². The third kappa shape index (κ3) is 3.92. The third-order valence-electron chi connectivity index (χ3n) is 5.75. The zero-order chi connectivity index (χ0) is 24.7. The van der Waals surface area contributed by atoms with Gasteiger partial charge in [0.2, 0.25) is 0 Å². The van der Waals surface area contributed by atoms with Crippen LogP contribution >= 0.6 is 11.3 Å². The van der Waals surface area contributed by atoms with E-state index in [1.807, 2.05) is 26.8 Å². The fourth-order valence-corrected chi connectivity index (χ4v) is 4.94. The van der Waals surface area contributed by atoms with Gasteiger partial charge < -0.3 is 15.2 Å². The SMILES string of the molecule is CCCCn1c(N)c(N(C)C(=O)c2cc(-c3cc(C)sc3C)nc3onc(C)c23)c(=O)[nH]c1=O. The van der Waals surface area contributed by atoms with E-state index < -0.39 is 17.2 Å². The number of hydrogen-bond acceptors (Lipinski definition) is 8. The summed E-state index contributed by atoms with van der Waals surface area (Å²) in [6, 6.07) is 3.68. The van der Waals surface area contributed by atoms with Gasteiger partial charge in [-0.05, 0) is 39.3 Å². The van der Waals surface area contributed by atoms with Crippen LogP contribution < -0.4 is 21.9 Å². The number of nitrogen functional groups attached to an aromatic ring is 1. The first-order valence-corrected chi connectivity index (χ1v) is 11.7. The summed E-state index contributed by atoms with van der Waals surface area (Å²) in [6.45, 7) is 8.01. The maximum Gasteiger partial charge on any atom is 0.330 e. The molecule has 4 aromatic rings. The highest BCUT2D eigenvalue weighted by molar-refractivity contribution is 7.12. The summed E-state index contributed by atoms with van der Waals surface area (Å²) in [6.07, 6.45) is 1.53. The highest BCUT2D eigenvalue weighted by Crippen LogP contribution is 2.33. The van der Waals surface area contributed by atoms with Gasteiger partial charge in [0.05, 0.1) is 22.3 Å². The summed E-state index contributed by atoms with van der Waals surface area (Å²) in [7, 11) is 1.45. The van der Waals surface area contributed by atoms with E-state index in [9.17, 15) is 14.4 Å². The van der Waals surface area contributed by atoms with Crippen molar-refractivity contribution in [1.82, 2.24) is 19.7 Å². The largest absolute Gasteiger partial charge is 0.383 e. The Morgan fingerprint density at radius 3 is 2.65 bits per heavy atom. The number of aromatic amines is 1. The second-order valence-corrected chi connectivity index (χ2v) is 9.65. The fraction of sp³-hybridized carbons (Fsp3) is 0.348. The minimum atomic E-state index is -0.733. The lowest BCUT2D eigenvalue weighted by Gasteiger charge is -2.21. The normalized spacial score (nSPS) is 11.3. The molecule has 0 aliphatic rings. The van der Waals surface area contributed by atoms with Gasteiger partial charge >= 0.3 is 5.69 Å². The summed E-state index contributed by atoms with van der Waals surface area (Å²) in [5.41, 5.74) is 7.24. The lowest BCUT2D eigenvalue weighted by molar-refractivity contribution is 0.0994. The number of hydrogen-bond donors (Lipinski definition) is 2. The van der Waals surface area contributed by atoms with Crippen molar-refractivity contribution >= 4 is 39.8 Å². The maximum atomic E-state index is 13.7. The average Bonchev–Trinajstić information content (AvgIpc) is 3.33. The maximum absolute atomic E-state index is 13.7. The van der Waals surface area contributed by atoms with Gasteiger partial charge in [0.15, 0.2) is 5.69 Å². The van der Waals surface area contributed by atoms with E-state index in [1.54, 1.807) is 24.3 Å². The fourth-order valence-electron chi connectivity index (χ4n) is 4.01. The molecule has 1 amide bonds. The van der Waals surface area contributed by atoms with Crippen LogP contribution in [0.5, 0.6) is 0 Å². The minimum Gasteiger partial charge on any atom is -0.383 e. The Morgan fingerprint density at radius 2 is 2.00 bits per heavy atom. The molecule has 34 heavy (non-hydrogen) atoms. The van der Waals surface area contributed by atoms with Crippen molar-refractivity contribution < 1.29 is 9.32 Å². The van der Waals surface area contributed by atoms with Crippen LogP contribution in [-0.2, 0) is 6.54 Å². The number of nitrogens with zero attached hydrogens (tertiary/aromatic N) is 4. The van der Waals surface area contributed by atoms with Gasteiger partial charge in [0.1, 0.15) is 5.82 Å². The van der Waals surface area contributed by atoms with E-state index >= 15 is 0 Å². The molecule has 4 heterocycles. The molecule has 10 nitrogen and oxygen atoms in total. The second-order valence-electron chi connectivity index (χ2n) is 8.19. The zero-order valence-electron chi connectivity index (χ0n) is 19.7. The molecule has 0 bridgehead atoms. The van der Waals surface area contributed by atoms with Gasteiger partial charge in [0, 0.05) is 28.9 Å². The second kappa shape index (κ2) is 8.90. The molecule has 4 aromatic heterocycles. The molecule has 11 heteroatoms. The van der Waals surface area contributed by atoms with Crippen LogP contribution in [0.4, 0.5) is 11.5 Å². The smallest absolute Gasteiger partial charge is 0.330 e. The molecule has 3 N–H and O–H groups in total. The molecular weight excluding hydrogens is 456 g/mol. The molecule has 0 aromatic carbocycles. The first-order valence-electron chi connectivity index (χ1n) is 10.9. The summed E-state index contributed by atoms with van der Waals surface area (Å²) in [4.78, 5) is 48.9. The summed E-state index contributed by atoms with van der Waals surface area (Å²) >= 11 is 1.63. The Morgan fingerprint density at radius 1 is 1.26 bits per heavy atom. The van der Waals surface area contributed by atoms with Crippen molar-refractivity contribution in [1.29, 1.82) is 0 Å². The highest BCUT2D eigenvalue weighted by atomic mass is 32.1. The number of carbonyl (C=O) groups excluding carboxylic acids is 1. The van der Waals surface area contributed by atoms with Crippen molar-refractivity contribution in [2.45, 2.75) is 47.1 Å². The van der Waals surface area contributed by atoms with E-state index in [2.05, 4.69) is 15.1 Å². The number of H-pyrrole nitrogens is 1. The van der Waals surface area contributed by atoms with Crippen molar-refractivity contribution in [3.05, 3.63) is 54.0 Å². The number of rotatable bonds is 6. The lowest BCUT2D eigenvalue weighted by atomic mass is 10.0. The summed E-state index contributed by atoms with van der Waals surface area (Å²) in [5.74, 6) is -0.558. The number of carbonyl (C=O) groups is 1. The predicted molar refractivity (Wildman–Crippen MR) is 133 cm³/mol. The van der Waals surface area contributed by atoms with E-state index in [4.69, 9.17) is 10.3 Å². The minimum absolute atomic E-state index is 0.0603. The van der Waals surface area contributed by atoms with Crippen molar-refractivity contribution in [2.24, 2.45) is 0 Å². The van der Waals surface area contributed by atoms with Gasteiger partial charge in [-0.25, -0.2) is 9.78 Å². The number of thiophene rings is 1. The van der Waals surface area contributed by atoms with Crippen LogP contribution in [0.25, 0.3) is 22.4 Å². The molecular formula is C23H26N6O4S. The third-order valence-corrected chi connectivity index (χ3v) is 6.72. The van der Waals surface area contributed by atoms with E-state index in [0.29, 0.717) is 29.7 Å². The Balaban J connectivity index is 1.88. The zero-order valence-corrected chi connectivity index (χ0v) is 20.5. The Hall–Kier alpha value is -3.73. The molecule has 178 valence electrons. The number of aryl methyl sites for hydroxylation is 3. The molecule has 0 spiro atoms. The topological polar surface area (TPSA) is 140 Å². The number of pyridine rings is 1. The molecule has 0 saturated heterocycles. The molecule has 4 rings (SSSR count). The summed E-state index contributed by atoms with van der Waals surface area (Å²) in [5, 5.41) is 4.44. The van der Waals surface area contributed by atoms with Crippen molar-refractivity contribution in [3.63, 3.8) is 0 Å². The monoisotopic (exact) mass is 482 g/mol. The van der Waals surface area contributed by atoms with Gasteiger partial charge in [-0.2, -0.15) is 0 Å². The Kier molecular flexibility index (Phi) is 6.13. The molecule has 0 atom stereocenters. The first kappa shape index (κ1) is 23.4. The molecule has 0 radical (unpaired) electrons. The van der Waals surface area contributed by atoms with Crippen LogP contribution in [0.3, 0.4) is 0 Å². The number of amides is 1. The molecule has 0 aliphatic heterocycles. The lowest BCUT2D eigenvalue weighted by Crippen LogP contribution is -2.39. The first-order chi connectivity index (χ1) is 16.1. The standard InChI is InChI=1S/C23H26N6O4S/c1-6-7-8-29-19(24)18(20(30)26-23(29)32)28(5)22(31)15-10-16(14-9-11(2)34-13(14)4)25-21-17(15)12(3)27-33-21/h9-10H,6-8,24H2,1-5H3,(H,26,30,32). The van der Waals surface area contributed by atoms with Crippen LogP contribution in [0, 0.1) is 20.8 Å². The molecule has 0 saturated carbocycles. The quantitative estimate of drug-likeness (QED) is 0.429. The highest BCUT2D eigenvalue weighted by Gasteiger charge is 2.27. The number of nitrogens with two attached hydrogens (primary N) is 1. The number of aromatic nitrogens is 4. The molecule has 0 unspecified atom stereocenters. The number of nitrogens with one attached hydrogen (secondary N) is 1. The number of fused-ring (bicyclic) bond motifs is 1. The van der Waals surface area contributed by atoms with Crippen LogP contribution in [0.15, 0.2) is 26.2 Å². The van der Waals surface area contributed by atoms with Crippen LogP contribution in [0.2, 0.25) is 0 Å².